The summed E-state index contributed by atoms with van der Waals surface area (Å²) in [5.74, 6) is -0.945. The van der Waals surface area contributed by atoms with E-state index >= 15 is 0 Å². The highest BCUT2D eigenvalue weighted by Gasteiger charge is 2.48. The molecule has 1 aromatic carbocycles. The summed E-state index contributed by atoms with van der Waals surface area (Å²) in [6, 6.07) is 7.69. The molecule has 5 heteroatoms. The maximum Gasteiger partial charge on any atom is 0.323 e. The average Bonchev–Trinajstić information content (AvgIpc) is 2.65. The van der Waals surface area contributed by atoms with Gasteiger partial charge in [0.1, 0.15) is 0 Å². The number of unbranched alkanes of at least 4 members (excludes halogenated alkanes) is 5. The van der Waals surface area contributed by atoms with Crippen LogP contribution in [0, 0.1) is 5.41 Å². The molecule has 0 heterocycles. The van der Waals surface area contributed by atoms with Gasteiger partial charge in [-0.2, -0.15) is 0 Å². The van der Waals surface area contributed by atoms with E-state index in [1.54, 1.807) is 13.8 Å². The van der Waals surface area contributed by atoms with E-state index in [9.17, 15) is 9.59 Å². The monoisotopic (exact) mass is 440 g/mol. The molecule has 0 aromatic heterocycles. The van der Waals surface area contributed by atoms with Crippen LogP contribution in [-0.4, -0.2) is 25.2 Å². The number of carbonyl (C=O) groups is 2. The Kier molecular flexibility index (Phi) is 11.3. The zero-order chi connectivity index (χ0) is 20.1. The standard InChI is InChI=1S/C22H33BrO4/c1-4-7-8-9-10-11-16-22(20(24)26-5-2,21(25)27-6-3)17-18-12-14-19(23)15-13-18/h12-15H,4-11,16-17H2,1-3H3. The fourth-order valence-electron chi connectivity index (χ4n) is 3.22. The van der Waals surface area contributed by atoms with Crippen molar-refractivity contribution in [2.24, 2.45) is 5.41 Å². The van der Waals surface area contributed by atoms with Gasteiger partial charge < -0.3 is 9.47 Å². The van der Waals surface area contributed by atoms with Crippen molar-refractivity contribution < 1.29 is 19.1 Å². The van der Waals surface area contributed by atoms with Gasteiger partial charge in [-0.3, -0.25) is 9.59 Å². The maximum atomic E-state index is 12.9. The molecule has 0 atom stereocenters. The molecule has 0 spiro atoms. The molecule has 152 valence electrons. The summed E-state index contributed by atoms with van der Waals surface area (Å²) in [6.45, 7) is 6.20. The number of halogens is 1. The van der Waals surface area contributed by atoms with Crippen LogP contribution in [0.25, 0.3) is 0 Å². The fraction of sp³-hybridized carbons (Fsp3) is 0.636. The van der Waals surface area contributed by atoms with Gasteiger partial charge >= 0.3 is 11.9 Å². The van der Waals surface area contributed by atoms with Crippen LogP contribution in [0.4, 0.5) is 0 Å². The molecular weight excluding hydrogens is 408 g/mol. The van der Waals surface area contributed by atoms with Crippen LogP contribution in [0.5, 0.6) is 0 Å². The Bertz CT molecular complexity index is 550. The SMILES string of the molecule is CCCCCCCCC(Cc1ccc(Br)cc1)(C(=O)OCC)C(=O)OCC. The van der Waals surface area contributed by atoms with Gasteiger partial charge in [-0.1, -0.05) is 73.5 Å². The van der Waals surface area contributed by atoms with Gasteiger partial charge in [-0.25, -0.2) is 0 Å². The molecule has 0 aliphatic carbocycles. The quantitative estimate of drug-likeness (QED) is 0.219. The minimum atomic E-state index is -1.27. The lowest BCUT2D eigenvalue weighted by Gasteiger charge is -2.29. The van der Waals surface area contributed by atoms with E-state index in [4.69, 9.17) is 9.47 Å². The highest BCUT2D eigenvalue weighted by atomic mass is 79.9. The zero-order valence-electron chi connectivity index (χ0n) is 16.9. The minimum absolute atomic E-state index is 0.247. The van der Waals surface area contributed by atoms with Gasteiger partial charge in [0.2, 0.25) is 0 Å². The second-order valence-corrected chi connectivity index (χ2v) is 7.76. The lowest BCUT2D eigenvalue weighted by atomic mass is 9.77. The third kappa shape index (κ3) is 7.65. The Labute approximate surface area is 172 Å². The van der Waals surface area contributed by atoms with Crippen molar-refractivity contribution in [2.75, 3.05) is 13.2 Å². The summed E-state index contributed by atoms with van der Waals surface area (Å²) in [4.78, 5) is 25.8. The molecule has 1 rings (SSSR count). The van der Waals surface area contributed by atoms with Crippen molar-refractivity contribution >= 4 is 27.9 Å². The number of hydrogen-bond donors (Lipinski definition) is 0. The Morgan fingerprint density at radius 3 is 1.89 bits per heavy atom. The first-order valence-electron chi connectivity index (χ1n) is 10.1. The van der Waals surface area contributed by atoms with Gasteiger partial charge in [-0.15, -0.1) is 0 Å². The van der Waals surface area contributed by atoms with Crippen LogP contribution in [0.15, 0.2) is 28.7 Å². The molecule has 0 fully saturated rings. The van der Waals surface area contributed by atoms with Gasteiger partial charge in [0.25, 0.3) is 0 Å². The second-order valence-electron chi connectivity index (χ2n) is 6.84. The van der Waals surface area contributed by atoms with E-state index in [0.29, 0.717) is 12.8 Å². The first kappa shape index (κ1) is 23.7. The van der Waals surface area contributed by atoms with Gasteiger partial charge in [-0.05, 0) is 44.4 Å². The van der Waals surface area contributed by atoms with E-state index in [2.05, 4.69) is 22.9 Å². The van der Waals surface area contributed by atoms with Gasteiger partial charge in [0.15, 0.2) is 5.41 Å². The third-order valence-electron chi connectivity index (χ3n) is 4.71. The number of carbonyl (C=O) groups excluding carboxylic acids is 2. The van der Waals surface area contributed by atoms with Crippen molar-refractivity contribution in [3.63, 3.8) is 0 Å². The highest BCUT2D eigenvalue weighted by Crippen LogP contribution is 2.34. The molecular formula is C22H33BrO4. The van der Waals surface area contributed by atoms with Gasteiger partial charge in [0, 0.05) is 4.47 Å². The number of benzene rings is 1. The van der Waals surface area contributed by atoms with Crippen molar-refractivity contribution in [3.05, 3.63) is 34.3 Å². The summed E-state index contributed by atoms with van der Waals surface area (Å²) in [6.07, 6.45) is 7.28. The van der Waals surface area contributed by atoms with Crippen molar-refractivity contribution in [1.29, 1.82) is 0 Å². The molecule has 4 nitrogen and oxygen atoms in total. The fourth-order valence-corrected chi connectivity index (χ4v) is 3.48. The lowest BCUT2D eigenvalue weighted by Crippen LogP contribution is -2.44. The molecule has 0 saturated heterocycles. The predicted octanol–water partition coefficient (Wildman–Crippen LogP) is 5.85. The second kappa shape index (κ2) is 12.9. The Morgan fingerprint density at radius 1 is 0.852 bits per heavy atom. The zero-order valence-corrected chi connectivity index (χ0v) is 18.5. The van der Waals surface area contributed by atoms with E-state index in [-0.39, 0.29) is 13.2 Å². The summed E-state index contributed by atoms with van der Waals surface area (Å²) >= 11 is 3.42. The molecule has 0 aliphatic heterocycles. The van der Waals surface area contributed by atoms with Crippen LogP contribution in [0.3, 0.4) is 0 Å². The van der Waals surface area contributed by atoms with E-state index in [1.807, 2.05) is 24.3 Å². The third-order valence-corrected chi connectivity index (χ3v) is 5.24. The lowest BCUT2D eigenvalue weighted by molar-refractivity contribution is -0.172. The van der Waals surface area contributed by atoms with Crippen LogP contribution >= 0.6 is 15.9 Å². The topological polar surface area (TPSA) is 52.6 Å². The van der Waals surface area contributed by atoms with Crippen LogP contribution in [-0.2, 0) is 25.5 Å². The first-order chi connectivity index (χ1) is 13.0. The van der Waals surface area contributed by atoms with Gasteiger partial charge in [0.05, 0.1) is 13.2 Å². The van der Waals surface area contributed by atoms with Crippen molar-refractivity contribution in [1.82, 2.24) is 0 Å². The molecule has 0 unspecified atom stereocenters. The van der Waals surface area contributed by atoms with Crippen molar-refractivity contribution in [3.8, 4) is 0 Å². The first-order valence-corrected chi connectivity index (χ1v) is 10.9. The average molecular weight is 441 g/mol. The van der Waals surface area contributed by atoms with E-state index in [1.165, 1.54) is 19.3 Å². The smallest absolute Gasteiger partial charge is 0.323 e. The molecule has 0 N–H and O–H groups in total. The Morgan fingerprint density at radius 2 is 1.37 bits per heavy atom. The normalized spacial score (nSPS) is 11.3. The molecule has 0 aliphatic rings. The molecule has 27 heavy (non-hydrogen) atoms. The summed E-state index contributed by atoms with van der Waals surface area (Å²) in [5, 5.41) is 0. The number of ether oxygens (including phenoxy) is 2. The van der Waals surface area contributed by atoms with Crippen molar-refractivity contribution in [2.45, 2.75) is 72.1 Å². The van der Waals surface area contributed by atoms with Crippen LogP contribution in [0.1, 0.15) is 71.3 Å². The van der Waals surface area contributed by atoms with Crippen LogP contribution in [0.2, 0.25) is 0 Å². The van der Waals surface area contributed by atoms with Crippen LogP contribution < -0.4 is 0 Å². The molecule has 0 saturated carbocycles. The Balaban J connectivity index is 3.01. The molecule has 1 aromatic rings. The van der Waals surface area contributed by atoms with E-state index < -0.39 is 17.4 Å². The summed E-state index contributed by atoms with van der Waals surface area (Å²) in [7, 11) is 0. The largest absolute Gasteiger partial charge is 0.465 e. The predicted molar refractivity (Wildman–Crippen MR) is 112 cm³/mol. The number of esters is 2. The highest BCUT2D eigenvalue weighted by molar-refractivity contribution is 9.10. The number of hydrogen-bond acceptors (Lipinski definition) is 4. The maximum absolute atomic E-state index is 12.9. The molecule has 0 bridgehead atoms. The Hall–Kier alpha value is -1.36. The summed E-state index contributed by atoms with van der Waals surface area (Å²) < 4.78 is 11.6. The van der Waals surface area contributed by atoms with E-state index in [0.717, 1.165) is 29.3 Å². The summed E-state index contributed by atoms with van der Waals surface area (Å²) in [5.41, 5.74) is -0.352. The molecule has 0 radical (unpaired) electrons. The molecule has 0 amide bonds. The minimum Gasteiger partial charge on any atom is -0.465 e. The number of rotatable bonds is 13.